The fourth-order valence-electron chi connectivity index (χ4n) is 2.14. The van der Waals surface area contributed by atoms with E-state index in [1.807, 2.05) is 0 Å². The smallest absolute Gasteiger partial charge is 0.416 e. The number of hydrogen-bond acceptors (Lipinski definition) is 3. The number of halogens is 3. The first kappa shape index (κ1) is 19.3. The van der Waals surface area contributed by atoms with E-state index in [-0.39, 0.29) is 5.69 Å². The molecule has 0 aliphatic heterocycles. The Morgan fingerprint density at radius 1 is 0.962 bits per heavy atom. The Balaban J connectivity index is 1.92. The second kappa shape index (κ2) is 8.37. The van der Waals surface area contributed by atoms with Gasteiger partial charge in [-0.1, -0.05) is 12.1 Å². The molecular formula is C18H17F3N2O3. The predicted molar refractivity (Wildman–Crippen MR) is 90.9 cm³/mol. The van der Waals surface area contributed by atoms with Crippen LogP contribution in [0.3, 0.4) is 0 Å². The number of alkyl halides is 3. The zero-order valence-corrected chi connectivity index (χ0v) is 13.9. The van der Waals surface area contributed by atoms with Crippen molar-refractivity contribution in [2.45, 2.75) is 19.5 Å². The summed E-state index contributed by atoms with van der Waals surface area (Å²) in [5.41, 5.74) is -0.215. The van der Waals surface area contributed by atoms with Crippen molar-refractivity contribution in [1.29, 1.82) is 0 Å². The van der Waals surface area contributed by atoms with Crippen molar-refractivity contribution in [1.82, 2.24) is 0 Å². The molecule has 2 N–H and O–H groups in total. The monoisotopic (exact) mass is 366 g/mol. The summed E-state index contributed by atoms with van der Waals surface area (Å²) in [7, 11) is 0. The van der Waals surface area contributed by atoms with Gasteiger partial charge in [0, 0.05) is 5.69 Å². The van der Waals surface area contributed by atoms with E-state index in [0.717, 1.165) is 24.3 Å². The number of carbonyl (C=O) groups excluding carboxylic acids is 2. The van der Waals surface area contributed by atoms with Crippen molar-refractivity contribution >= 4 is 23.2 Å². The molecule has 0 spiro atoms. The average molecular weight is 366 g/mol. The molecule has 0 saturated carbocycles. The molecule has 5 nitrogen and oxygen atoms in total. The third-order valence-electron chi connectivity index (χ3n) is 3.28. The molecule has 0 aliphatic rings. The molecular weight excluding hydrogens is 349 g/mol. The van der Waals surface area contributed by atoms with Crippen molar-refractivity contribution in [2.75, 3.05) is 17.2 Å². The largest absolute Gasteiger partial charge is 0.492 e. The van der Waals surface area contributed by atoms with Gasteiger partial charge in [0.15, 0.2) is 0 Å². The van der Waals surface area contributed by atoms with Crippen LogP contribution >= 0.6 is 0 Å². The molecule has 26 heavy (non-hydrogen) atoms. The molecule has 0 saturated heterocycles. The van der Waals surface area contributed by atoms with E-state index in [1.54, 1.807) is 31.2 Å². The Morgan fingerprint density at radius 3 is 2.19 bits per heavy atom. The average Bonchev–Trinajstić information content (AvgIpc) is 2.56. The van der Waals surface area contributed by atoms with Gasteiger partial charge in [-0.05, 0) is 43.3 Å². The molecule has 2 rings (SSSR count). The summed E-state index contributed by atoms with van der Waals surface area (Å²) in [6, 6.07) is 10.7. The molecule has 0 aromatic heterocycles. The van der Waals surface area contributed by atoms with E-state index < -0.39 is 30.0 Å². The SMILES string of the molecule is CCOc1ccccc1NC(=O)CC(=O)Nc1ccc(C(F)(F)F)cc1. The fraction of sp³-hybridized carbons (Fsp3) is 0.222. The molecule has 0 aliphatic carbocycles. The van der Waals surface area contributed by atoms with E-state index in [1.165, 1.54) is 0 Å². The van der Waals surface area contributed by atoms with Crippen LogP contribution in [0.1, 0.15) is 18.9 Å². The van der Waals surface area contributed by atoms with E-state index >= 15 is 0 Å². The van der Waals surface area contributed by atoms with Gasteiger partial charge >= 0.3 is 6.18 Å². The maximum absolute atomic E-state index is 12.5. The van der Waals surface area contributed by atoms with Crippen LogP contribution < -0.4 is 15.4 Å². The number of anilines is 2. The topological polar surface area (TPSA) is 67.4 Å². The van der Waals surface area contributed by atoms with Crippen LogP contribution in [0, 0.1) is 0 Å². The number of carbonyl (C=O) groups is 2. The van der Waals surface area contributed by atoms with Gasteiger partial charge < -0.3 is 15.4 Å². The van der Waals surface area contributed by atoms with Crippen LogP contribution in [-0.4, -0.2) is 18.4 Å². The van der Waals surface area contributed by atoms with Gasteiger partial charge in [0.2, 0.25) is 11.8 Å². The maximum atomic E-state index is 12.5. The highest BCUT2D eigenvalue weighted by molar-refractivity contribution is 6.08. The number of para-hydroxylation sites is 2. The van der Waals surface area contributed by atoms with Crippen LogP contribution in [0.15, 0.2) is 48.5 Å². The minimum absolute atomic E-state index is 0.172. The molecule has 0 fully saturated rings. The molecule has 0 radical (unpaired) electrons. The van der Waals surface area contributed by atoms with E-state index in [4.69, 9.17) is 4.74 Å². The Morgan fingerprint density at radius 2 is 1.58 bits per heavy atom. The first-order chi connectivity index (χ1) is 12.3. The standard InChI is InChI=1S/C18H17F3N2O3/c1-2-26-15-6-4-3-5-14(15)23-17(25)11-16(24)22-13-9-7-12(8-10-13)18(19,20)21/h3-10H,2,11H2,1H3,(H,22,24)(H,23,25). The first-order valence-corrected chi connectivity index (χ1v) is 7.78. The lowest BCUT2D eigenvalue weighted by Crippen LogP contribution is -2.21. The van der Waals surface area contributed by atoms with Gasteiger partial charge in [-0.2, -0.15) is 13.2 Å². The van der Waals surface area contributed by atoms with E-state index in [2.05, 4.69) is 10.6 Å². The summed E-state index contributed by atoms with van der Waals surface area (Å²) in [5.74, 6) is -0.732. The Kier molecular flexibility index (Phi) is 6.21. The number of ether oxygens (including phenoxy) is 1. The van der Waals surface area contributed by atoms with Gasteiger partial charge in [-0.3, -0.25) is 9.59 Å². The second-order valence-corrected chi connectivity index (χ2v) is 5.28. The fourth-order valence-corrected chi connectivity index (χ4v) is 2.14. The van der Waals surface area contributed by atoms with Crippen LogP contribution in [-0.2, 0) is 15.8 Å². The molecule has 8 heteroatoms. The van der Waals surface area contributed by atoms with Gasteiger partial charge in [0.1, 0.15) is 12.2 Å². The number of benzene rings is 2. The summed E-state index contributed by atoms with van der Waals surface area (Å²) in [6.07, 6.45) is -4.93. The van der Waals surface area contributed by atoms with Crippen LogP contribution in [0.5, 0.6) is 5.75 Å². The van der Waals surface area contributed by atoms with Crippen LogP contribution in [0.25, 0.3) is 0 Å². The lowest BCUT2D eigenvalue weighted by Gasteiger charge is -2.11. The zero-order valence-electron chi connectivity index (χ0n) is 13.9. The lowest BCUT2D eigenvalue weighted by molar-refractivity contribution is -0.137. The zero-order chi connectivity index (χ0) is 19.2. The second-order valence-electron chi connectivity index (χ2n) is 5.28. The van der Waals surface area contributed by atoms with Crippen molar-refractivity contribution in [3.05, 3.63) is 54.1 Å². The maximum Gasteiger partial charge on any atom is 0.416 e. The van der Waals surface area contributed by atoms with Crippen LogP contribution in [0.4, 0.5) is 24.5 Å². The van der Waals surface area contributed by atoms with Gasteiger partial charge in [0.05, 0.1) is 17.9 Å². The number of hydrogen-bond donors (Lipinski definition) is 2. The van der Waals surface area contributed by atoms with Gasteiger partial charge in [-0.25, -0.2) is 0 Å². The van der Waals surface area contributed by atoms with E-state index in [9.17, 15) is 22.8 Å². The first-order valence-electron chi connectivity index (χ1n) is 7.78. The molecule has 138 valence electrons. The predicted octanol–water partition coefficient (Wildman–Crippen LogP) is 4.07. The molecule has 0 unspecified atom stereocenters. The Labute approximate surface area is 148 Å². The van der Waals surface area contributed by atoms with Crippen molar-refractivity contribution in [3.63, 3.8) is 0 Å². The minimum atomic E-state index is -4.45. The third kappa shape index (κ3) is 5.51. The summed E-state index contributed by atoms with van der Waals surface area (Å²) in [4.78, 5) is 23.9. The molecule has 2 aromatic carbocycles. The molecule has 0 atom stereocenters. The molecule has 2 aromatic rings. The van der Waals surface area contributed by atoms with Crippen molar-refractivity contribution < 1.29 is 27.5 Å². The minimum Gasteiger partial charge on any atom is -0.492 e. The summed E-state index contributed by atoms with van der Waals surface area (Å²) in [6.45, 7) is 2.22. The normalized spacial score (nSPS) is 10.9. The Hall–Kier alpha value is -3.03. The number of rotatable bonds is 6. The summed E-state index contributed by atoms with van der Waals surface area (Å²) in [5, 5.41) is 4.95. The number of nitrogens with one attached hydrogen (secondary N) is 2. The quantitative estimate of drug-likeness (QED) is 0.758. The molecule has 2 amide bonds. The summed E-state index contributed by atoms with van der Waals surface area (Å²) >= 11 is 0. The van der Waals surface area contributed by atoms with Crippen molar-refractivity contribution in [2.24, 2.45) is 0 Å². The number of amides is 2. The van der Waals surface area contributed by atoms with Crippen LogP contribution in [0.2, 0.25) is 0 Å². The highest BCUT2D eigenvalue weighted by Crippen LogP contribution is 2.29. The summed E-state index contributed by atoms with van der Waals surface area (Å²) < 4.78 is 42.9. The highest BCUT2D eigenvalue weighted by Gasteiger charge is 2.30. The third-order valence-corrected chi connectivity index (χ3v) is 3.28. The van der Waals surface area contributed by atoms with Gasteiger partial charge in [-0.15, -0.1) is 0 Å². The highest BCUT2D eigenvalue weighted by atomic mass is 19.4. The van der Waals surface area contributed by atoms with Crippen molar-refractivity contribution in [3.8, 4) is 5.75 Å². The lowest BCUT2D eigenvalue weighted by atomic mass is 10.2. The van der Waals surface area contributed by atoms with E-state index in [0.29, 0.717) is 18.0 Å². The Bertz CT molecular complexity index is 774. The molecule has 0 heterocycles. The molecule has 0 bridgehead atoms. The van der Waals surface area contributed by atoms with Gasteiger partial charge in [0.25, 0.3) is 0 Å².